The first-order valence-corrected chi connectivity index (χ1v) is 10.8. The first kappa shape index (κ1) is 22.8. The number of hydrogen-bond donors (Lipinski definition) is 1. The monoisotopic (exact) mass is 548 g/mol. The summed E-state index contributed by atoms with van der Waals surface area (Å²) >= 11 is 7.95. The summed E-state index contributed by atoms with van der Waals surface area (Å²) < 4.78 is 11.9. The lowest BCUT2D eigenvalue weighted by atomic mass is 10.2. The van der Waals surface area contributed by atoms with Crippen LogP contribution in [0, 0.1) is 3.57 Å². The summed E-state index contributed by atoms with van der Waals surface area (Å²) in [6.45, 7) is 2.21. The molecule has 0 aliphatic carbocycles. The zero-order chi connectivity index (χ0) is 22.2. The number of hydrazone groups is 1. The van der Waals surface area contributed by atoms with E-state index in [0.717, 1.165) is 3.57 Å². The van der Waals surface area contributed by atoms with Crippen LogP contribution in [0.3, 0.4) is 0 Å². The van der Waals surface area contributed by atoms with Crippen molar-refractivity contribution in [2.75, 3.05) is 6.61 Å². The summed E-state index contributed by atoms with van der Waals surface area (Å²) in [6, 6.07) is 18.6. The maximum absolute atomic E-state index is 12.4. The average Bonchev–Trinajstić information content (AvgIpc) is 2.76. The molecular formula is C23H18ClIN2O4. The number of esters is 1. The molecule has 8 heteroatoms. The van der Waals surface area contributed by atoms with Crippen molar-refractivity contribution >= 4 is 52.3 Å². The van der Waals surface area contributed by atoms with E-state index in [1.54, 1.807) is 54.6 Å². The summed E-state index contributed by atoms with van der Waals surface area (Å²) in [4.78, 5) is 24.6. The Bertz CT molecular complexity index is 1120. The van der Waals surface area contributed by atoms with Gasteiger partial charge < -0.3 is 9.47 Å². The van der Waals surface area contributed by atoms with Crippen molar-refractivity contribution in [3.8, 4) is 11.5 Å². The lowest BCUT2D eigenvalue weighted by Crippen LogP contribution is -2.18. The van der Waals surface area contributed by atoms with E-state index < -0.39 is 5.97 Å². The Labute approximate surface area is 198 Å². The summed E-state index contributed by atoms with van der Waals surface area (Å²) in [6.07, 6.45) is 1.49. The zero-order valence-corrected chi connectivity index (χ0v) is 19.4. The standard InChI is InChI=1S/C23H18ClIN2O4/c1-2-30-21-13-15(14-26-27-22(28)18-5-3-4-6-19(18)25)7-12-20(21)31-23(29)16-8-10-17(24)11-9-16/h3-14H,2H2,1H3,(H,27,28)/b26-14-. The molecule has 0 bridgehead atoms. The first-order valence-electron chi connectivity index (χ1n) is 9.30. The Balaban J connectivity index is 1.71. The third-order valence-electron chi connectivity index (χ3n) is 4.05. The van der Waals surface area contributed by atoms with E-state index in [0.29, 0.717) is 34.1 Å². The molecule has 0 radical (unpaired) electrons. The number of carbonyl (C=O) groups excluding carboxylic acids is 2. The van der Waals surface area contributed by atoms with Crippen molar-refractivity contribution in [1.29, 1.82) is 0 Å². The molecule has 0 saturated heterocycles. The van der Waals surface area contributed by atoms with Gasteiger partial charge in [-0.2, -0.15) is 5.10 Å². The van der Waals surface area contributed by atoms with E-state index in [1.807, 2.05) is 19.1 Å². The van der Waals surface area contributed by atoms with Gasteiger partial charge in [0.15, 0.2) is 11.5 Å². The minimum absolute atomic E-state index is 0.279. The van der Waals surface area contributed by atoms with Gasteiger partial charge in [0.2, 0.25) is 0 Å². The maximum Gasteiger partial charge on any atom is 0.343 e. The molecule has 0 unspecified atom stereocenters. The number of carbonyl (C=O) groups is 2. The lowest BCUT2D eigenvalue weighted by molar-refractivity contribution is 0.0728. The number of nitrogens with one attached hydrogen (secondary N) is 1. The van der Waals surface area contributed by atoms with Crippen LogP contribution in [0.1, 0.15) is 33.2 Å². The lowest BCUT2D eigenvalue weighted by Gasteiger charge is -2.11. The molecule has 6 nitrogen and oxygen atoms in total. The molecule has 0 spiro atoms. The summed E-state index contributed by atoms with van der Waals surface area (Å²) in [7, 11) is 0. The Hall–Kier alpha value is -2.91. The highest BCUT2D eigenvalue weighted by molar-refractivity contribution is 14.1. The van der Waals surface area contributed by atoms with Gasteiger partial charge in [-0.1, -0.05) is 23.7 Å². The predicted octanol–water partition coefficient (Wildman–Crippen LogP) is 5.33. The first-order chi connectivity index (χ1) is 15.0. The van der Waals surface area contributed by atoms with E-state index in [2.05, 4.69) is 33.1 Å². The van der Waals surface area contributed by atoms with E-state index in [-0.39, 0.29) is 11.7 Å². The van der Waals surface area contributed by atoms with Crippen LogP contribution in [0.25, 0.3) is 0 Å². The molecule has 0 saturated carbocycles. The SMILES string of the molecule is CCOc1cc(/C=N\NC(=O)c2ccccc2I)ccc1OC(=O)c1ccc(Cl)cc1. The number of halogens is 2. The van der Waals surface area contributed by atoms with Gasteiger partial charge in [-0.15, -0.1) is 0 Å². The molecule has 0 aromatic heterocycles. The molecule has 0 fully saturated rings. The van der Waals surface area contributed by atoms with Gasteiger partial charge in [0.1, 0.15) is 0 Å². The van der Waals surface area contributed by atoms with Gasteiger partial charge in [0.05, 0.1) is 23.9 Å². The molecule has 158 valence electrons. The van der Waals surface area contributed by atoms with Crippen LogP contribution < -0.4 is 14.9 Å². The molecule has 1 amide bonds. The van der Waals surface area contributed by atoms with Gasteiger partial charge in [-0.3, -0.25) is 4.79 Å². The van der Waals surface area contributed by atoms with Crippen LogP contribution >= 0.6 is 34.2 Å². The molecule has 3 aromatic rings. The number of benzene rings is 3. The summed E-state index contributed by atoms with van der Waals surface area (Å²) in [5, 5.41) is 4.53. The van der Waals surface area contributed by atoms with Crippen LogP contribution in [0.4, 0.5) is 0 Å². The van der Waals surface area contributed by atoms with Crippen molar-refractivity contribution in [2.45, 2.75) is 6.92 Å². The van der Waals surface area contributed by atoms with Gasteiger partial charge in [-0.25, -0.2) is 10.2 Å². The highest BCUT2D eigenvalue weighted by Crippen LogP contribution is 2.29. The van der Waals surface area contributed by atoms with Crippen molar-refractivity contribution in [2.24, 2.45) is 5.10 Å². The topological polar surface area (TPSA) is 77.0 Å². The number of hydrogen-bond acceptors (Lipinski definition) is 5. The molecule has 0 heterocycles. The van der Waals surface area contributed by atoms with Gasteiger partial charge in [0, 0.05) is 8.59 Å². The van der Waals surface area contributed by atoms with E-state index in [9.17, 15) is 9.59 Å². The predicted molar refractivity (Wildman–Crippen MR) is 128 cm³/mol. The van der Waals surface area contributed by atoms with Crippen LogP contribution in [-0.4, -0.2) is 24.7 Å². The largest absolute Gasteiger partial charge is 0.490 e. The van der Waals surface area contributed by atoms with Gasteiger partial charge in [0.25, 0.3) is 5.91 Å². The Morgan fingerprint density at radius 2 is 1.81 bits per heavy atom. The van der Waals surface area contributed by atoms with E-state index >= 15 is 0 Å². The molecule has 3 rings (SSSR count). The highest BCUT2D eigenvalue weighted by Gasteiger charge is 2.13. The normalized spacial score (nSPS) is 10.7. The Morgan fingerprint density at radius 1 is 1.06 bits per heavy atom. The Kier molecular flexibility index (Phi) is 8.02. The van der Waals surface area contributed by atoms with Crippen molar-refractivity contribution < 1.29 is 19.1 Å². The molecule has 3 aromatic carbocycles. The van der Waals surface area contributed by atoms with Crippen molar-refractivity contribution in [3.05, 3.63) is 92.0 Å². The quantitative estimate of drug-likeness (QED) is 0.142. The fraction of sp³-hybridized carbons (Fsp3) is 0.0870. The van der Waals surface area contributed by atoms with Gasteiger partial charge >= 0.3 is 5.97 Å². The van der Waals surface area contributed by atoms with Crippen molar-refractivity contribution in [3.63, 3.8) is 0 Å². The Morgan fingerprint density at radius 3 is 2.52 bits per heavy atom. The third-order valence-corrected chi connectivity index (χ3v) is 5.24. The van der Waals surface area contributed by atoms with Crippen LogP contribution in [0.15, 0.2) is 71.8 Å². The molecule has 1 N–H and O–H groups in total. The number of ether oxygens (including phenoxy) is 2. The smallest absolute Gasteiger partial charge is 0.343 e. The summed E-state index contributed by atoms with van der Waals surface area (Å²) in [5.74, 6) is -0.164. The second-order valence-electron chi connectivity index (χ2n) is 6.21. The molecule has 31 heavy (non-hydrogen) atoms. The fourth-order valence-electron chi connectivity index (χ4n) is 2.57. The second kappa shape index (κ2) is 10.9. The summed E-state index contributed by atoms with van der Waals surface area (Å²) in [5.41, 5.74) is 4.08. The minimum Gasteiger partial charge on any atom is -0.490 e. The molecule has 0 aliphatic heterocycles. The number of amides is 1. The second-order valence-corrected chi connectivity index (χ2v) is 7.81. The van der Waals surface area contributed by atoms with E-state index in [1.165, 1.54) is 6.21 Å². The zero-order valence-electron chi connectivity index (χ0n) is 16.5. The van der Waals surface area contributed by atoms with Crippen LogP contribution in [0.5, 0.6) is 11.5 Å². The average molecular weight is 549 g/mol. The number of rotatable bonds is 7. The van der Waals surface area contributed by atoms with Crippen LogP contribution in [-0.2, 0) is 0 Å². The fourth-order valence-corrected chi connectivity index (χ4v) is 3.33. The molecule has 0 atom stereocenters. The maximum atomic E-state index is 12.4. The third kappa shape index (κ3) is 6.28. The van der Waals surface area contributed by atoms with Crippen molar-refractivity contribution in [1.82, 2.24) is 5.43 Å². The molecular weight excluding hydrogens is 531 g/mol. The number of nitrogens with zero attached hydrogens (tertiary/aromatic N) is 1. The highest BCUT2D eigenvalue weighted by atomic mass is 127. The molecule has 0 aliphatic rings. The van der Waals surface area contributed by atoms with Crippen LogP contribution in [0.2, 0.25) is 5.02 Å². The van der Waals surface area contributed by atoms with E-state index in [4.69, 9.17) is 21.1 Å². The van der Waals surface area contributed by atoms with Gasteiger partial charge in [-0.05, 0) is 89.7 Å². The minimum atomic E-state index is -0.524.